The largest absolute Gasteiger partial charge is 0.478 e. The number of carbonyl (C=O) groups is 2. The second-order valence-corrected chi connectivity index (χ2v) is 13.9. The van der Waals surface area contributed by atoms with Crippen molar-refractivity contribution in [3.63, 3.8) is 0 Å². The SMILES string of the molecule is CC(C)(C)[Si](C)(C)OCCCc1ccc(C2C(C(=O)O)=CCCN2C(=O)O)cc1. The number of aryl methyl sites for hydroxylation is 1. The van der Waals surface area contributed by atoms with E-state index in [1.165, 1.54) is 4.90 Å². The molecule has 1 heterocycles. The molecule has 0 fully saturated rings. The van der Waals surface area contributed by atoms with Crippen LogP contribution in [0.3, 0.4) is 0 Å². The summed E-state index contributed by atoms with van der Waals surface area (Å²) in [7, 11) is -1.73. The third kappa shape index (κ3) is 5.70. The molecule has 1 unspecified atom stereocenters. The first-order chi connectivity index (χ1) is 13.4. The lowest BCUT2D eigenvalue weighted by Gasteiger charge is -2.36. The Bertz CT molecular complexity index is 764. The van der Waals surface area contributed by atoms with Gasteiger partial charge in [0.2, 0.25) is 0 Å². The van der Waals surface area contributed by atoms with Gasteiger partial charge in [0.05, 0.1) is 11.6 Å². The Balaban J connectivity index is 2.03. The minimum absolute atomic E-state index is 0.120. The number of carboxylic acid groups (broad SMARTS) is 2. The number of hydrogen-bond donors (Lipinski definition) is 2. The van der Waals surface area contributed by atoms with E-state index in [1.807, 2.05) is 24.3 Å². The molecule has 2 N–H and O–H groups in total. The lowest BCUT2D eigenvalue weighted by molar-refractivity contribution is -0.133. The van der Waals surface area contributed by atoms with E-state index < -0.39 is 26.4 Å². The molecule has 1 aliphatic rings. The summed E-state index contributed by atoms with van der Waals surface area (Å²) in [5.74, 6) is -1.08. The lowest BCUT2D eigenvalue weighted by Crippen LogP contribution is -2.41. The standard InChI is InChI=1S/C22H33NO5Si/c1-22(2,3)29(4,5)28-15-7-8-16-10-12-17(13-11-16)19-18(20(24)25)9-6-14-23(19)21(26)27/h9-13,19H,6-8,14-15H2,1-5H3,(H,24,25)(H,26,27). The minimum Gasteiger partial charge on any atom is -0.478 e. The molecule has 0 saturated carbocycles. The molecule has 0 bridgehead atoms. The molecule has 7 heteroatoms. The molecular weight excluding hydrogens is 386 g/mol. The van der Waals surface area contributed by atoms with Gasteiger partial charge in [-0.2, -0.15) is 0 Å². The smallest absolute Gasteiger partial charge is 0.408 e. The molecule has 1 aromatic carbocycles. The van der Waals surface area contributed by atoms with Crippen LogP contribution in [0.25, 0.3) is 0 Å². The van der Waals surface area contributed by atoms with Gasteiger partial charge in [-0.3, -0.25) is 4.90 Å². The number of amides is 1. The van der Waals surface area contributed by atoms with Crippen LogP contribution >= 0.6 is 0 Å². The molecule has 0 aromatic heterocycles. The molecule has 0 saturated heterocycles. The molecule has 29 heavy (non-hydrogen) atoms. The Morgan fingerprint density at radius 1 is 1.17 bits per heavy atom. The van der Waals surface area contributed by atoms with Crippen LogP contribution in [0.1, 0.15) is 50.8 Å². The zero-order valence-corrected chi connectivity index (χ0v) is 19.1. The van der Waals surface area contributed by atoms with Crippen molar-refractivity contribution in [2.45, 2.75) is 64.2 Å². The van der Waals surface area contributed by atoms with Crippen LogP contribution in [0.4, 0.5) is 4.79 Å². The van der Waals surface area contributed by atoms with Crippen molar-refractivity contribution in [2.24, 2.45) is 0 Å². The molecule has 1 amide bonds. The number of rotatable bonds is 7. The Morgan fingerprint density at radius 2 is 1.79 bits per heavy atom. The van der Waals surface area contributed by atoms with Crippen LogP contribution in [0.5, 0.6) is 0 Å². The van der Waals surface area contributed by atoms with E-state index in [4.69, 9.17) is 4.43 Å². The monoisotopic (exact) mass is 419 g/mol. The lowest BCUT2D eigenvalue weighted by atomic mass is 9.92. The van der Waals surface area contributed by atoms with E-state index in [2.05, 4.69) is 33.9 Å². The first-order valence-corrected chi connectivity index (χ1v) is 13.0. The summed E-state index contributed by atoms with van der Waals surface area (Å²) >= 11 is 0. The maximum absolute atomic E-state index is 11.6. The van der Waals surface area contributed by atoms with E-state index in [0.717, 1.165) is 25.0 Å². The zero-order valence-electron chi connectivity index (χ0n) is 18.1. The highest BCUT2D eigenvalue weighted by Gasteiger charge is 2.37. The molecular formula is C22H33NO5Si. The number of aliphatic carboxylic acids is 1. The molecule has 1 aromatic rings. The predicted molar refractivity (Wildman–Crippen MR) is 116 cm³/mol. The van der Waals surface area contributed by atoms with Gasteiger partial charge in [0, 0.05) is 13.2 Å². The fourth-order valence-corrected chi connectivity index (χ4v) is 4.31. The van der Waals surface area contributed by atoms with Crippen LogP contribution in [0.15, 0.2) is 35.9 Å². The summed E-state index contributed by atoms with van der Waals surface area (Å²) in [6.45, 7) is 12.2. The van der Waals surface area contributed by atoms with Crippen LogP contribution < -0.4 is 0 Å². The number of carboxylic acids is 1. The Labute approximate surface area is 174 Å². The fraction of sp³-hybridized carbons (Fsp3) is 0.545. The topological polar surface area (TPSA) is 87.1 Å². The molecule has 0 spiro atoms. The van der Waals surface area contributed by atoms with Crippen molar-refractivity contribution in [1.29, 1.82) is 0 Å². The second-order valence-electron chi connectivity index (χ2n) is 9.09. The third-order valence-electron chi connectivity index (χ3n) is 6.01. The maximum atomic E-state index is 11.6. The summed E-state index contributed by atoms with van der Waals surface area (Å²) < 4.78 is 6.21. The van der Waals surface area contributed by atoms with Gasteiger partial charge in [-0.25, -0.2) is 9.59 Å². The van der Waals surface area contributed by atoms with Crippen molar-refractivity contribution in [3.8, 4) is 0 Å². The molecule has 6 nitrogen and oxygen atoms in total. The Hall–Kier alpha value is -2.12. The predicted octanol–water partition coefficient (Wildman–Crippen LogP) is 5.08. The highest BCUT2D eigenvalue weighted by Crippen LogP contribution is 2.36. The van der Waals surface area contributed by atoms with Crippen molar-refractivity contribution in [2.75, 3.05) is 13.2 Å². The summed E-state index contributed by atoms with van der Waals surface area (Å²) in [5, 5.41) is 19.2. The van der Waals surface area contributed by atoms with Crippen molar-refractivity contribution in [3.05, 3.63) is 47.0 Å². The van der Waals surface area contributed by atoms with Gasteiger partial charge in [0.1, 0.15) is 0 Å². The number of benzene rings is 1. The first kappa shape index (κ1) is 23.2. The van der Waals surface area contributed by atoms with Gasteiger partial charge < -0.3 is 14.6 Å². The van der Waals surface area contributed by atoms with Gasteiger partial charge in [-0.15, -0.1) is 0 Å². The molecule has 160 valence electrons. The van der Waals surface area contributed by atoms with E-state index in [0.29, 0.717) is 18.5 Å². The normalized spacial score (nSPS) is 17.8. The molecule has 1 atom stereocenters. The van der Waals surface area contributed by atoms with Gasteiger partial charge >= 0.3 is 12.1 Å². The number of hydrogen-bond acceptors (Lipinski definition) is 3. The van der Waals surface area contributed by atoms with Crippen molar-refractivity contribution in [1.82, 2.24) is 4.90 Å². The average molecular weight is 420 g/mol. The van der Waals surface area contributed by atoms with Crippen molar-refractivity contribution < 1.29 is 24.2 Å². The third-order valence-corrected chi connectivity index (χ3v) is 10.5. The highest BCUT2D eigenvalue weighted by atomic mass is 28.4. The summed E-state index contributed by atoms with van der Waals surface area (Å²) in [5.41, 5.74) is 1.93. The van der Waals surface area contributed by atoms with Gasteiger partial charge in [-0.05, 0) is 48.5 Å². The van der Waals surface area contributed by atoms with Crippen LogP contribution in [-0.4, -0.2) is 48.6 Å². The first-order valence-electron chi connectivity index (χ1n) is 10.1. The van der Waals surface area contributed by atoms with Gasteiger partial charge in [0.15, 0.2) is 8.32 Å². The zero-order chi connectivity index (χ0) is 21.8. The van der Waals surface area contributed by atoms with Crippen LogP contribution in [-0.2, 0) is 15.6 Å². The minimum atomic E-state index is -1.73. The molecule has 0 aliphatic carbocycles. The summed E-state index contributed by atoms with van der Waals surface area (Å²) in [6.07, 6.45) is 2.71. The highest BCUT2D eigenvalue weighted by molar-refractivity contribution is 6.74. The molecule has 2 rings (SSSR count). The summed E-state index contributed by atoms with van der Waals surface area (Å²) in [4.78, 5) is 24.4. The fourth-order valence-electron chi connectivity index (χ4n) is 3.22. The van der Waals surface area contributed by atoms with Gasteiger partial charge in [0.25, 0.3) is 0 Å². The average Bonchev–Trinajstić information content (AvgIpc) is 2.64. The van der Waals surface area contributed by atoms with Crippen LogP contribution in [0.2, 0.25) is 18.1 Å². The quantitative estimate of drug-likeness (QED) is 0.475. The Morgan fingerprint density at radius 3 is 2.31 bits per heavy atom. The molecule has 1 aliphatic heterocycles. The van der Waals surface area contributed by atoms with Crippen molar-refractivity contribution >= 4 is 20.4 Å². The van der Waals surface area contributed by atoms with E-state index in [-0.39, 0.29) is 10.6 Å². The van der Waals surface area contributed by atoms with Gasteiger partial charge in [-0.1, -0.05) is 51.1 Å². The Kier molecular flexibility index (Phi) is 7.29. The van der Waals surface area contributed by atoms with E-state index in [9.17, 15) is 19.8 Å². The second kappa shape index (κ2) is 9.13. The number of nitrogens with zero attached hydrogens (tertiary/aromatic N) is 1. The van der Waals surface area contributed by atoms with E-state index in [1.54, 1.807) is 6.08 Å². The molecule has 0 radical (unpaired) electrons. The van der Waals surface area contributed by atoms with E-state index >= 15 is 0 Å². The maximum Gasteiger partial charge on any atom is 0.408 e. The van der Waals surface area contributed by atoms with Crippen LogP contribution in [0, 0.1) is 0 Å². The summed E-state index contributed by atoms with van der Waals surface area (Å²) in [6, 6.07) is 6.82.